The zero-order valence-corrected chi connectivity index (χ0v) is 31.4. The third kappa shape index (κ3) is 6.56. The molecular formula is C39H50ClN3O6S. The molecule has 3 aliphatic heterocycles. The van der Waals surface area contributed by atoms with Gasteiger partial charge >= 0.3 is 0 Å². The molecule has 0 unspecified atom stereocenters. The number of sulfonamides is 1. The van der Waals surface area contributed by atoms with Crippen LogP contribution in [0.5, 0.6) is 5.75 Å². The van der Waals surface area contributed by atoms with Gasteiger partial charge in [0.25, 0.3) is 5.91 Å². The first-order valence-corrected chi connectivity index (χ1v) is 20.0. The van der Waals surface area contributed by atoms with Crippen LogP contribution < -0.4 is 14.4 Å². The normalized spacial score (nSPS) is 33.8. The lowest BCUT2D eigenvalue weighted by atomic mass is 9.63. The van der Waals surface area contributed by atoms with Gasteiger partial charge in [-0.2, -0.15) is 0 Å². The Bertz CT molecular complexity index is 1830. The summed E-state index contributed by atoms with van der Waals surface area (Å²) in [6.45, 7) is 10.1. The van der Waals surface area contributed by atoms with E-state index in [9.17, 15) is 13.2 Å². The lowest BCUT2D eigenvalue weighted by Gasteiger charge is -2.50. The highest BCUT2D eigenvalue weighted by molar-refractivity contribution is 7.90. The summed E-state index contributed by atoms with van der Waals surface area (Å²) in [5, 5.41) is -0.0698. The highest BCUT2D eigenvalue weighted by Crippen LogP contribution is 2.50. The van der Waals surface area contributed by atoms with Crippen LogP contribution >= 0.6 is 11.6 Å². The van der Waals surface area contributed by atoms with Gasteiger partial charge in [-0.1, -0.05) is 36.7 Å². The van der Waals surface area contributed by atoms with Crippen molar-refractivity contribution in [1.29, 1.82) is 0 Å². The van der Waals surface area contributed by atoms with E-state index >= 15 is 0 Å². The number of halogens is 1. The Balaban J connectivity index is 1.33. The number of allylic oxidation sites excluding steroid dienone is 1. The number of rotatable bonds is 3. The summed E-state index contributed by atoms with van der Waals surface area (Å²) < 4.78 is 48.8. The van der Waals surface area contributed by atoms with Crippen molar-refractivity contribution in [2.75, 3.05) is 38.3 Å². The van der Waals surface area contributed by atoms with Gasteiger partial charge in [-0.3, -0.25) is 4.79 Å². The minimum atomic E-state index is -3.97. The molecule has 270 valence electrons. The molecule has 2 aliphatic carbocycles. The number of fused-ring (bicyclic) bond motifs is 4. The maximum Gasteiger partial charge on any atom is 0.264 e. The molecule has 0 aromatic heterocycles. The molecule has 50 heavy (non-hydrogen) atoms. The van der Waals surface area contributed by atoms with Crippen molar-refractivity contribution >= 4 is 39.1 Å². The fraction of sp³-hybridized carbons (Fsp3) is 0.590. The van der Waals surface area contributed by atoms with Crippen molar-refractivity contribution in [2.45, 2.75) is 94.4 Å². The van der Waals surface area contributed by atoms with Gasteiger partial charge in [-0.05, 0) is 119 Å². The van der Waals surface area contributed by atoms with Crippen molar-refractivity contribution in [3.05, 3.63) is 70.3 Å². The van der Waals surface area contributed by atoms with Gasteiger partial charge in [0.2, 0.25) is 10.0 Å². The number of aliphatic imine (C=N–C) groups is 1. The topological polar surface area (TPSA) is 107 Å². The molecule has 1 saturated carbocycles. The summed E-state index contributed by atoms with van der Waals surface area (Å²) in [6, 6.07) is 11.5. The van der Waals surface area contributed by atoms with Crippen LogP contribution in [0.25, 0.3) is 0 Å². The minimum Gasteiger partial charge on any atom is -0.490 e. The molecule has 2 aromatic rings. The number of anilines is 1. The Morgan fingerprint density at radius 3 is 2.64 bits per heavy atom. The summed E-state index contributed by atoms with van der Waals surface area (Å²) in [5.41, 5.74) is 2.34. The number of nitrogens with one attached hydrogen (secondary N) is 1. The van der Waals surface area contributed by atoms with E-state index in [2.05, 4.69) is 47.8 Å². The van der Waals surface area contributed by atoms with Crippen LogP contribution in [0.3, 0.4) is 0 Å². The molecule has 1 amide bonds. The van der Waals surface area contributed by atoms with Crippen LogP contribution in [0.1, 0.15) is 87.7 Å². The van der Waals surface area contributed by atoms with Crippen LogP contribution in [0.4, 0.5) is 5.69 Å². The second-order valence-corrected chi connectivity index (χ2v) is 18.4. The maximum absolute atomic E-state index is 13.6. The van der Waals surface area contributed by atoms with E-state index in [1.807, 2.05) is 25.1 Å². The van der Waals surface area contributed by atoms with E-state index in [0.29, 0.717) is 44.2 Å². The number of aryl methyl sites for hydroxylation is 1. The number of hydrogen-bond acceptors (Lipinski definition) is 8. The smallest absolute Gasteiger partial charge is 0.264 e. The van der Waals surface area contributed by atoms with Gasteiger partial charge in [-0.25, -0.2) is 18.1 Å². The SMILES string of the molecule is CO[C@]1(CC2=NC(C)(C)CO2)/C=C\C[C@H](C)[C@@H](C)S(=O)(=O)NC(=O)c2ccc3c(c2)N(C[C@@H]2CC[C@H]21)C[C@@]1(CCCc2cc(Cl)ccc21)CO3. The molecule has 2 bridgehead atoms. The van der Waals surface area contributed by atoms with Gasteiger partial charge in [0, 0.05) is 36.2 Å². The molecule has 1 fully saturated rings. The molecule has 6 atom stereocenters. The molecule has 5 aliphatic rings. The quantitative estimate of drug-likeness (QED) is 0.345. The molecule has 0 saturated heterocycles. The van der Waals surface area contributed by atoms with Gasteiger partial charge in [0.1, 0.15) is 12.4 Å². The summed E-state index contributed by atoms with van der Waals surface area (Å²) in [7, 11) is -2.20. The minimum absolute atomic E-state index is 0.163. The second-order valence-electron chi connectivity index (χ2n) is 16.0. The van der Waals surface area contributed by atoms with Crippen LogP contribution in [0.15, 0.2) is 53.5 Å². The Morgan fingerprint density at radius 2 is 1.92 bits per heavy atom. The first-order valence-electron chi connectivity index (χ1n) is 18.0. The Labute approximate surface area is 301 Å². The Kier molecular flexibility index (Phi) is 9.30. The summed E-state index contributed by atoms with van der Waals surface area (Å²) in [4.78, 5) is 20.9. The van der Waals surface area contributed by atoms with Crippen LogP contribution in [0, 0.1) is 17.8 Å². The van der Waals surface area contributed by atoms with E-state index in [0.717, 1.165) is 49.4 Å². The zero-order chi connectivity index (χ0) is 35.5. The summed E-state index contributed by atoms with van der Waals surface area (Å²) in [5.74, 6) is 0.934. The predicted molar refractivity (Wildman–Crippen MR) is 197 cm³/mol. The van der Waals surface area contributed by atoms with Gasteiger partial charge < -0.3 is 19.1 Å². The lowest BCUT2D eigenvalue weighted by molar-refractivity contribution is -0.0722. The molecule has 0 radical (unpaired) electrons. The fourth-order valence-electron chi connectivity index (χ4n) is 8.82. The zero-order valence-electron chi connectivity index (χ0n) is 29.8. The highest BCUT2D eigenvalue weighted by atomic mass is 35.5. The van der Waals surface area contributed by atoms with E-state index in [1.165, 1.54) is 11.1 Å². The number of methoxy groups -OCH3 is 1. The first kappa shape index (κ1) is 35.3. The van der Waals surface area contributed by atoms with E-state index in [4.69, 9.17) is 30.8 Å². The first-order chi connectivity index (χ1) is 23.7. The average Bonchev–Trinajstić information content (AvgIpc) is 3.32. The average molecular weight is 724 g/mol. The second kappa shape index (κ2) is 13.2. The number of carbonyl (C=O) groups is 1. The van der Waals surface area contributed by atoms with Crippen molar-refractivity contribution in [2.24, 2.45) is 22.7 Å². The van der Waals surface area contributed by atoms with Crippen molar-refractivity contribution in [3.63, 3.8) is 0 Å². The Morgan fingerprint density at radius 1 is 1.10 bits per heavy atom. The maximum atomic E-state index is 13.6. The number of ether oxygens (including phenoxy) is 3. The van der Waals surface area contributed by atoms with E-state index in [1.54, 1.807) is 20.1 Å². The number of benzene rings is 2. The molecular weight excluding hydrogens is 674 g/mol. The number of amides is 1. The molecule has 2 aromatic carbocycles. The summed E-state index contributed by atoms with van der Waals surface area (Å²) in [6.07, 6.45) is 10.2. The molecule has 9 nitrogen and oxygen atoms in total. The molecule has 3 heterocycles. The van der Waals surface area contributed by atoms with Crippen LogP contribution in [-0.4, -0.2) is 70.0 Å². The standard InChI is InChI=1S/C39H50ClN3O6S/c1-25-8-6-17-39(47-5,20-35-41-37(3,4)23-49-35)32-13-10-29(32)21-43-22-38(16-7-9-27-18-30(40)12-14-31(27)38)24-48-34-15-11-28(19-33(34)43)36(44)42-50(45,46)26(25)2/h6,11-12,14-15,17-19,25-26,29,32H,7-10,13,16,20-24H2,1-5H3,(H,42,44)/b17-6-/t25-,26+,29-,32+,38-,39-/m0/s1. The van der Waals surface area contributed by atoms with Crippen molar-refractivity contribution in [1.82, 2.24) is 4.72 Å². The van der Waals surface area contributed by atoms with E-state index in [-0.39, 0.29) is 34.3 Å². The largest absolute Gasteiger partial charge is 0.490 e. The lowest BCUT2D eigenvalue weighted by Crippen LogP contribution is -2.53. The summed E-state index contributed by atoms with van der Waals surface area (Å²) >= 11 is 6.48. The van der Waals surface area contributed by atoms with Gasteiger partial charge in [0.05, 0.1) is 35.1 Å². The number of hydrogen-bond donors (Lipinski definition) is 1. The third-order valence-corrected chi connectivity index (χ3v) is 14.2. The van der Waals surface area contributed by atoms with Gasteiger partial charge in [-0.15, -0.1) is 0 Å². The van der Waals surface area contributed by atoms with Crippen LogP contribution in [-0.2, 0) is 31.3 Å². The highest BCUT2D eigenvalue weighted by Gasteiger charge is 2.50. The molecule has 11 heteroatoms. The van der Waals surface area contributed by atoms with Crippen molar-refractivity contribution < 1.29 is 27.4 Å². The number of nitrogens with zero attached hydrogens (tertiary/aromatic N) is 2. The Hall–Kier alpha value is -3.08. The van der Waals surface area contributed by atoms with E-state index < -0.39 is 26.8 Å². The monoisotopic (exact) mass is 723 g/mol. The van der Waals surface area contributed by atoms with Crippen molar-refractivity contribution in [3.8, 4) is 5.75 Å². The molecule has 1 spiro atoms. The van der Waals surface area contributed by atoms with Crippen LogP contribution in [0.2, 0.25) is 5.02 Å². The fourth-order valence-corrected chi connectivity index (χ4v) is 10.3. The van der Waals surface area contributed by atoms with Gasteiger partial charge in [0.15, 0.2) is 5.90 Å². The molecule has 1 N–H and O–H groups in total. The molecule has 7 rings (SSSR count). The number of carbonyl (C=O) groups excluding carboxylic acids is 1. The third-order valence-electron chi connectivity index (χ3n) is 12.1. The predicted octanol–water partition coefficient (Wildman–Crippen LogP) is 6.87.